The fourth-order valence-electron chi connectivity index (χ4n) is 4.96. The van der Waals surface area contributed by atoms with E-state index < -0.39 is 0 Å². The van der Waals surface area contributed by atoms with Gasteiger partial charge in [-0.3, -0.25) is 0 Å². The van der Waals surface area contributed by atoms with E-state index in [1.807, 2.05) is 0 Å². The normalized spacial score (nSPS) is 12.5. The van der Waals surface area contributed by atoms with Crippen molar-refractivity contribution in [2.45, 2.75) is 200 Å². The summed E-state index contributed by atoms with van der Waals surface area (Å²) in [5, 5.41) is 0. The van der Waals surface area contributed by atoms with Crippen LogP contribution in [0.15, 0.2) is 0 Å². The molecular weight excluding hydrogens is 386 g/mol. The second kappa shape index (κ2) is 29.0. The topological polar surface area (TPSA) is 26.0 Å². The molecule has 0 heterocycles. The van der Waals surface area contributed by atoms with Crippen LogP contribution >= 0.6 is 0 Å². The lowest BCUT2D eigenvalue weighted by Gasteiger charge is -2.05. The fraction of sp³-hybridized carbons (Fsp3) is 1.00. The summed E-state index contributed by atoms with van der Waals surface area (Å²) in [6.45, 7) is 4.43. The van der Waals surface area contributed by atoms with Gasteiger partial charge in [-0.2, -0.15) is 0 Å². The van der Waals surface area contributed by atoms with E-state index in [1.54, 1.807) is 0 Å². The molecule has 0 bridgehead atoms. The molecule has 0 aromatic carbocycles. The summed E-state index contributed by atoms with van der Waals surface area (Å²) in [5.74, 6) is 0. The number of rotatable bonds is 28. The molecule has 1 nitrogen and oxygen atoms in total. The van der Waals surface area contributed by atoms with Gasteiger partial charge in [0.2, 0.25) is 0 Å². The highest BCUT2D eigenvalue weighted by atomic mass is 14.6. The summed E-state index contributed by atoms with van der Waals surface area (Å²) in [7, 11) is 0. The van der Waals surface area contributed by atoms with Gasteiger partial charge in [0.05, 0.1) is 0 Å². The first-order chi connectivity index (χ1) is 15.8. The zero-order chi connectivity index (χ0) is 23.4. The third-order valence-corrected chi connectivity index (χ3v) is 7.26. The Morgan fingerprint density at radius 3 is 0.719 bits per heavy atom. The second-order valence-electron chi connectivity index (χ2n) is 11.0. The fourth-order valence-corrected chi connectivity index (χ4v) is 4.96. The minimum atomic E-state index is 0.397. The maximum atomic E-state index is 5.80. The van der Waals surface area contributed by atoms with E-state index in [9.17, 15) is 0 Å². The summed E-state index contributed by atoms with van der Waals surface area (Å²) >= 11 is 0. The average Bonchev–Trinajstić information content (AvgIpc) is 2.78. The van der Waals surface area contributed by atoms with Crippen LogP contribution in [0.3, 0.4) is 0 Å². The molecule has 0 aliphatic carbocycles. The van der Waals surface area contributed by atoms with Gasteiger partial charge in [-0.25, -0.2) is 0 Å². The lowest BCUT2D eigenvalue weighted by Crippen LogP contribution is -2.13. The number of hydrogen-bond donors (Lipinski definition) is 1. The van der Waals surface area contributed by atoms with Crippen molar-refractivity contribution >= 4 is 0 Å². The van der Waals surface area contributed by atoms with Crippen LogP contribution in [0.2, 0.25) is 0 Å². The van der Waals surface area contributed by atoms with E-state index in [4.69, 9.17) is 5.73 Å². The number of nitrogens with two attached hydrogens (primary N) is 1. The van der Waals surface area contributed by atoms with Crippen molar-refractivity contribution in [2.75, 3.05) is 0 Å². The Kier molecular flexibility index (Phi) is 29.0. The third-order valence-electron chi connectivity index (χ3n) is 7.26. The highest BCUT2D eigenvalue weighted by Crippen LogP contribution is 2.16. The summed E-state index contributed by atoms with van der Waals surface area (Å²) in [6, 6.07) is 0.397. The van der Waals surface area contributed by atoms with Gasteiger partial charge in [-0.15, -0.1) is 0 Å². The Bertz CT molecular complexity index is 312. The molecule has 0 aliphatic rings. The molecule has 2 N–H and O–H groups in total. The van der Waals surface area contributed by atoms with Crippen LogP contribution in [0.5, 0.6) is 0 Å². The van der Waals surface area contributed by atoms with Crippen LogP contribution in [0.25, 0.3) is 0 Å². The van der Waals surface area contributed by atoms with Crippen LogP contribution in [0.1, 0.15) is 194 Å². The molecule has 0 saturated heterocycles. The largest absolute Gasteiger partial charge is 0.328 e. The Morgan fingerprint density at radius 1 is 0.344 bits per heavy atom. The van der Waals surface area contributed by atoms with Crippen LogP contribution in [-0.2, 0) is 0 Å². The predicted molar refractivity (Wildman–Crippen MR) is 149 cm³/mol. The van der Waals surface area contributed by atoms with E-state index in [-0.39, 0.29) is 0 Å². The second-order valence-corrected chi connectivity index (χ2v) is 11.0. The first-order valence-corrected chi connectivity index (χ1v) is 15.5. The van der Waals surface area contributed by atoms with Gasteiger partial charge >= 0.3 is 0 Å². The van der Waals surface area contributed by atoms with Crippen molar-refractivity contribution in [1.29, 1.82) is 0 Å². The molecule has 0 aromatic heterocycles. The van der Waals surface area contributed by atoms with Gasteiger partial charge in [-0.05, 0) is 13.3 Å². The van der Waals surface area contributed by atoms with E-state index in [0.29, 0.717) is 6.04 Å². The monoisotopic (exact) mass is 452 g/mol. The van der Waals surface area contributed by atoms with Crippen molar-refractivity contribution in [1.82, 2.24) is 0 Å². The van der Waals surface area contributed by atoms with Gasteiger partial charge in [0.15, 0.2) is 0 Å². The molecule has 0 saturated carbocycles. The Labute approximate surface area is 205 Å². The summed E-state index contributed by atoms with van der Waals surface area (Å²) in [6.07, 6.45) is 40.7. The highest BCUT2D eigenvalue weighted by molar-refractivity contribution is 4.54. The third kappa shape index (κ3) is 30.0. The van der Waals surface area contributed by atoms with Crippen LogP contribution in [0.4, 0.5) is 0 Å². The molecule has 0 radical (unpaired) electrons. The smallest absolute Gasteiger partial charge is 0.00104 e. The van der Waals surface area contributed by atoms with Crippen molar-refractivity contribution in [3.63, 3.8) is 0 Å². The first-order valence-electron chi connectivity index (χ1n) is 15.5. The quantitative estimate of drug-likeness (QED) is 0.118. The molecular formula is C31H65N. The minimum Gasteiger partial charge on any atom is -0.328 e. The van der Waals surface area contributed by atoms with Crippen molar-refractivity contribution in [3.8, 4) is 0 Å². The molecule has 1 unspecified atom stereocenters. The Morgan fingerprint density at radius 2 is 0.531 bits per heavy atom. The lowest BCUT2D eigenvalue weighted by atomic mass is 10.0. The molecule has 0 fully saturated rings. The number of unbranched alkanes of at least 4 members (excludes halogenated alkanes) is 26. The van der Waals surface area contributed by atoms with E-state index in [1.165, 1.54) is 180 Å². The average molecular weight is 452 g/mol. The van der Waals surface area contributed by atoms with E-state index in [0.717, 1.165) is 0 Å². The van der Waals surface area contributed by atoms with Gasteiger partial charge < -0.3 is 5.73 Å². The lowest BCUT2D eigenvalue weighted by molar-refractivity contribution is 0.512. The van der Waals surface area contributed by atoms with Gasteiger partial charge in [0.25, 0.3) is 0 Å². The molecule has 0 spiro atoms. The van der Waals surface area contributed by atoms with Crippen LogP contribution in [0, 0.1) is 0 Å². The summed E-state index contributed by atoms with van der Waals surface area (Å²) in [5.41, 5.74) is 5.80. The molecule has 0 amide bonds. The maximum absolute atomic E-state index is 5.80. The van der Waals surface area contributed by atoms with Gasteiger partial charge in [0, 0.05) is 6.04 Å². The molecule has 1 atom stereocenters. The van der Waals surface area contributed by atoms with Gasteiger partial charge in [0.1, 0.15) is 0 Å². The minimum absolute atomic E-state index is 0.397. The Balaban J connectivity index is 3.00. The molecule has 0 aliphatic heterocycles. The number of hydrogen-bond acceptors (Lipinski definition) is 1. The molecule has 194 valence electrons. The van der Waals surface area contributed by atoms with Crippen LogP contribution < -0.4 is 5.73 Å². The molecule has 32 heavy (non-hydrogen) atoms. The zero-order valence-electron chi connectivity index (χ0n) is 23.0. The Hall–Kier alpha value is -0.0400. The van der Waals surface area contributed by atoms with Crippen molar-refractivity contribution in [3.05, 3.63) is 0 Å². The van der Waals surface area contributed by atoms with Crippen molar-refractivity contribution < 1.29 is 0 Å². The molecule has 0 rings (SSSR count). The highest BCUT2D eigenvalue weighted by Gasteiger charge is 1.97. The van der Waals surface area contributed by atoms with Crippen LogP contribution in [-0.4, -0.2) is 6.04 Å². The van der Waals surface area contributed by atoms with Crippen molar-refractivity contribution in [2.24, 2.45) is 5.73 Å². The molecule has 0 aromatic rings. The van der Waals surface area contributed by atoms with Gasteiger partial charge in [-0.1, -0.05) is 180 Å². The first kappa shape index (κ1) is 32.0. The summed E-state index contributed by atoms with van der Waals surface area (Å²) in [4.78, 5) is 0. The summed E-state index contributed by atoms with van der Waals surface area (Å²) < 4.78 is 0. The standard InChI is InChI=1S/C31H65N/c1-3-4-5-6-7-8-9-10-11-12-13-14-15-16-17-18-19-20-21-22-23-24-25-26-27-28-29-30-31(2)32/h31H,3-30,32H2,1-2H3. The maximum Gasteiger partial charge on any atom is 0.00104 e. The SMILES string of the molecule is CCCCCCCCCCCCCCCCCCCCCCCCCCCCCC(C)N. The zero-order valence-corrected chi connectivity index (χ0v) is 23.0. The van der Waals surface area contributed by atoms with E-state index in [2.05, 4.69) is 13.8 Å². The van der Waals surface area contributed by atoms with E-state index >= 15 is 0 Å². The predicted octanol–water partition coefficient (Wildman–Crippen LogP) is 11.3. The molecule has 1 heteroatoms.